The fourth-order valence-electron chi connectivity index (χ4n) is 1.37. The molecule has 0 aromatic heterocycles. The van der Waals surface area contributed by atoms with Crippen LogP contribution in [0.2, 0.25) is 0 Å². The molecule has 4 nitrogen and oxygen atoms in total. The van der Waals surface area contributed by atoms with Gasteiger partial charge in [-0.15, -0.1) is 0 Å². The third-order valence-electron chi connectivity index (χ3n) is 2.32. The Morgan fingerprint density at radius 2 is 1.94 bits per heavy atom. The standard InChI is InChI=1S/C13H17BrN2O2/c1-2-3-8-15-12(17)9-13(18)16-11-7-5-4-6-10(11)14/h4-7H,2-3,8-9H2,1H3,(H,15,17)(H,16,18). The SMILES string of the molecule is CCCCNC(=O)CC(=O)Nc1ccccc1Br. The highest BCUT2D eigenvalue weighted by molar-refractivity contribution is 9.10. The number of anilines is 1. The van der Waals surface area contributed by atoms with Crippen molar-refractivity contribution in [2.24, 2.45) is 0 Å². The molecule has 0 aliphatic carbocycles. The Morgan fingerprint density at radius 3 is 2.61 bits per heavy atom. The van der Waals surface area contributed by atoms with Crippen molar-refractivity contribution in [3.8, 4) is 0 Å². The van der Waals surface area contributed by atoms with Crippen LogP contribution in [0.4, 0.5) is 5.69 Å². The van der Waals surface area contributed by atoms with E-state index in [0.29, 0.717) is 12.2 Å². The van der Waals surface area contributed by atoms with Crippen LogP contribution in [0.1, 0.15) is 26.2 Å². The van der Waals surface area contributed by atoms with Crippen molar-refractivity contribution in [1.29, 1.82) is 0 Å². The lowest BCUT2D eigenvalue weighted by Gasteiger charge is -2.07. The van der Waals surface area contributed by atoms with Crippen LogP contribution in [0.3, 0.4) is 0 Å². The maximum Gasteiger partial charge on any atom is 0.233 e. The van der Waals surface area contributed by atoms with Crippen LogP contribution in [-0.2, 0) is 9.59 Å². The van der Waals surface area contributed by atoms with E-state index in [1.54, 1.807) is 6.07 Å². The van der Waals surface area contributed by atoms with E-state index in [2.05, 4.69) is 26.6 Å². The molecule has 1 aromatic rings. The number of carbonyl (C=O) groups excluding carboxylic acids is 2. The maximum atomic E-state index is 11.6. The predicted molar refractivity (Wildman–Crippen MR) is 75.3 cm³/mol. The number of amides is 2. The maximum absolute atomic E-state index is 11.6. The number of hydrogen-bond donors (Lipinski definition) is 2. The number of unbranched alkanes of at least 4 members (excludes halogenated alkanes) is 1. The number of nitrogens with one attached hydrogen (secondary N) is 2. The predicted octanol–water partition coefficient (Wildman–Crippen LogP) is 2.69. The topological polar surface area (TPSA) is 58.2 Å². The fraction of sp³-hybridized carbons (Fsp3) is 0.385. The molecule has 0 atom stereocenters. The summed E-state index contributed by atoms with van der Waals surface area (Å²) in [5.74, 6) is -0.552. The lowest BCUT2D eigenvalue weighted by Crippen LogP contribution is -2.28. The molecular formula is C13H17BrN2O2. The highest BCUT2D eigenvalue weighted by Gasteiger charge is 2.10. The summed E-state index contributed by atoms with van der Waals surface area (Å²) >= 11 is 3.33. The van der Waals surface area contributed by atoms with Crippen molar-refractivity contribution in [2.75, 3.05) is 11.9 Å². The molecule has 98 valence electrons. The van der Waals surface area contributed by atoms with E-state index in [1.807, 2.05) is 25.1 Å². The number of halogens is 1. The summed E-state index contributed by atoms with van der Waals surface area (Å²) in [7, 11) is 0. The second-order valence-corrected chi connectivity index (χ2v) is 4.76. The molecule has 0 spiro atoms. The summed E-state index contributed by atoms with van der Waals surface area (Å²) in [6, 6.07) is 7.28. The Labute approximate surface area is 115 Å². The Bertz CT molecular complexity index is 421. The zero-order valence-electron chi connectivity index (χ0n) is 10.3. The van der Waals surface area contributed by atoms with Crippen molar-refractivity contribution in [3.05, 3.63) is 28.7 Å². The van der Waals surface area contributed by atoms with Crippen molar-refractivity contribution < 1.29 is 9.59 Å². The molecular weight excluding hydrogens is 296 g/mol. The molecule has 0 fully saturated rings. The number of benzene rings is 1. The molecule has 2 N–H and O–H groups in total. The quantitative estimate of drug-likeness (QED) is 0.627. The van der Waals surface area contributed by atoms with E-state index < -0.39 is 0 Å². The summed E-state index contributed by atoms with van der Waals surface area (Å²) in [5, 5.41) is 5.39. The Hall–Kier alpha value is -1.36. The average molecular weight is 313 g/mol. The van der Waals surface area contributed by atoms with Crippen LogP contribution in [0.15, 0.2) is 28.7 Å². The van der Waals surface area contributed by atoms with Crippen molar-refractivity contribution in [3.63, 3.8) is 0 Å². The lowest BCUT2D eigenvalue weighted by atomic mass is 10.3. The molecule has 5 heteroatoms. The molecule has 0 heterocycles. The van der Waals surface area contributed by atoms with Crippen molar-refractivity contribution in [1.82, 2.24) is 5.32 Å². The lowest BCUT2D eigenvalue weighted by molar-refractivity contribution is -0.126. The molecule has 0 aliphatic rings. The zero-order valence-corrected chi connectivity index (χ0v) is 11.9. The first-order chi connectivity index (χ1) is 8.63. The van der Waals surface area contributed by atoms with E-state index in [1.165, 1.54) is 0 Å². The minimum atomic E-state index is -0.309. The van der Waals surface area contributed by atoms with Crippen LogP contribution < -0.4 is 10.6 Å². The number of rotatable bonds is 6. The fourth-order valence-corrected chi connectivity index (χ4v) is 1.75. The van der Waals surface area contributed by atoms with Gasteiger partial charge in [0.05, 0.1) is 5.69 Å². The highest BCUT2D eigenvalue weighted by Crippen LogP contribution is 2.21. The number of para-hydroxylation sites is 1. The Balaban J connectivity index is 2.38. The van der Waals surface area contributed by atoms with Gasteiger partial charge in [0.25, 0.3) is 0 Å². The molecule has 0 saturated carbocycles. The Morgan fingerprint density at radius 1 is 1.22 bits per heavy atom. The van der Waals surface area contributed by atoms with Crippen LogP contribution in [0, 0.1) is 0 Å². The second kappa shape index (κ2) is 7.87. The van der Waals surface area contributed by atoms with E-state index in [9.17, 15) is 9.59 Å². The largest absolute Gasteiger partial charge is 0.356 e. The smallest absolute Gasteiger partial charge is 0.233 e. The molecule has 1 rings (SSSR count). The molecule has 0 bridgehead atoms. The van der Waals surface area contributed by atoms with Gasteiger partial charge in [-0.05, 0) is 34.5 Å². The van der Waals surface area contributed by atoms with Crippen molar-refractivity contribution >= 4 is 33.4 Å². The van der Waals surface area contributed by atoms with Gasteiger partial charge in [-0.25, -0.2) is 0 Å². The van der Waals surface area contributed by atoms with E-state index in [4.69, 9.17) is 0 Å². The van der Waals surface area contributed by atoms with Crippen LogP contribution in [0.5, 0.6) is 0 Å². The normalized spacial score (nSPS) is 9.89. The van der Waals surface area contributed by atoms with Crippen LogP contribution in [-0.4, -0.2) is 18.4 Å². The van der Waals surface area contributed by atoms with Gasteiger partial charge >= 0.3 is 0 Å². The van der Waals surface area contributed by atoms with Gasteiger partial charge in [0.15, 0.2) is 0 Å². The third kappa shape index (κ3) is 5.31. The van der Waals surface area contributed by atoms with Gasteiger partial charge in [-0.1, -0.05) is 25.5 Å². The third-order valence-corrected chi connectivity index (χ3v) is 3.01. The minimum Gasteiger partial charge on any atom is -0.356 e. The molecule has 0 radical (unpaired) electrons. The molecule has 18 heavy (non-hydrogen) atoms. The van der Waals surface area contributed by atoms with Gasteiger partial charge < -0.3 is 10.6 Å². The zero-order chi connectivity index (χ0) is 13.4. The van der Waals surface area contributed by atoms with Gasteiger partial charge in [0.2, 0.25) is 11.8 Å². The van der Waals surface area contributed by atoms with Crippen molar-refractivity contribution in [2.45, 2.75) is 26.2 Å². The summed E-state index contributed by atoms with van der Waals surface area (Å²) in [5.41, 5.74) is 0.670. The Kier molecular flexibility index (Phi) is 6.43. The molecule has 0 saturated heterocycles. The molecule has 2 amide bonds. The molecule has 1 aromatic carbocycles. The first kappa shape index (κ1) is 14.7. The molecule has 0 unspecified atom stereocenters. The average Bonchev–Trinajstić information content (AvgIpc) is 2.32. The summed E-state index contributed by atoms with van der Waals surface area (Å²) in [6.45, 7) is 2.67. The minimum absolute atomic E-state index is 0.148. The first-order valence-corrected chi connectivity index (χ1v) is 6.74. The highest BCUT2D eigenvalue weighted by atomic mass is 79.9. The summed E-state index contributed by atoms with van der Waals surface area (Å²) in [6.07, 6.45) is 1.80. The molecule has 0 aliphatic heterocycles. The van der Waals surface area contributed by atoms with E-state index in [0.717, 1.165) is 17.3 Å². The van der Waals surface area contributed by atoms with Gasteiger partial charge in [0, 0.05) is 11.0 Å². The summed E-state index contributed by atoms with van der Waals surface area (Å²) < 4.78 is 0.796. The van der Waals surface area contributed by atoms with E-state index >= 15 is 0 Å². The second-order valence-electron chi connectivity index (χ2n) is 3.91. The van der Waals surface area contributed by atoms with Gasteiger partial charge in [-0.2, -0.15) is 0 Å². The van der Waals surface area contributed by atoms with Crippen LogP contribution >= 0.6 is 15.9 Å². The van der Waals surface area contributed by atoms with Crippen LogP contribution in [0.25, 0.3) is 0 Å². The monoisotopic (exact) mass is 312 g/mol. The number of carbonyl (C=O) groups is 2. The number of hydrogen-bond acceptors (Lipinski definition) is 2. The van der Waals surface area contributed by atoms with Gasteiger partial charge in [-0.3, -0.25) is 9.59 Å². The summed E-state index contributed by atoms with van der Waals surface area (Å²) in [4.78, 5) is 23.0. The van der Waals surface area contributed by atoms with E-state index in [-0.39, 0.29) is 18.2 Å². The van der Waals surface area contributed by atoms with Gasteiger partial charge in [0.1, 0.15) is 6.42 Å². The first-order valence-electron chi connectivity index (χ1n) is 5.94.